The molecule has 0 aliphatic rings. The Morgan fingerprint density at radius 3 is 2.50 bits per heavy atom. The maximum Gasteiger partial charge on any atom is 0.343 e. The molecule has 0 fully saturated rings. The normalized spacial score (nSPS) is 10.5. The molecule has 0 bridgehead atoms. The Labute approximate surface area is 130 Å². The quantitative estimate of drug-likeness (QED) is 0.798. The zero-order chi connectivity index (χ0) is 16.1. The van der Waals surface area contributed by atoms with E-state index >= 15 is 0 Å². The van der Waals surface area contributed by atoms with Gasteiger partial charge in [-0.3, -0.25) is 4.79 Å². The third-order valence-electron chi connectivity index (χ3n) is 3.73. The van der Waals surface area contributed by atoms with Crippen molar-refractivity contribution in [2.24, 2.45) is 0 Å². The molecule has 0 amide bonds. The fourth-order valence-corrected chi connectivity index (χ4v) is 2.60. The van der Waals surface area contributed by atoms with Crippen LogP contribution < -0.4 is 5.43 Å². The number of nitrogens with zero attached hydrogens (tertiary/aromatic N) is 1. The number of aromatic nitrogens is 1. The molecule has 0 unspecified atom stereocenters. The summed E-state index contributed by atoms with van der Waals surface area (Å²) in [6.07, 6.45) is 0.841. The third kappa shape index (κ3) is 3.45. The Morgan fingerprint density at radius 2 is 1.86 bits per heavy atom. The number of benzene rings is 1. The minimum atomic E-state index is -0.543. The van der Waals surface area contributed by atoms with Crippen molar-refractivity contribution in [3.8, 4) is 0 Å². The number of hydrogen-bond acceptors (Lipinski definition) is 3. The van der Waals surface area contributed by atoms with Crippen LogP contribution in [0.2, 0.25) is 0 Å². The van der Waals surface area contributed by atoms with Crippen molar-refractivity contribution in [2.75, 3.05) is 6.61 Å². The summed E-state index contributed by atoms with van der Waals surface area (Å²) in [6.45, 7) is 6.39. The number of esters is 1. The molecule has 0 saturated heterocycles. The maximum atomic E-state index is 12.1. The van der Waals surface area contributed by atoms with Gasteiger partial charge in [0.05, 0.1) is 6.61 Å². The Kier molecular flexibility index (Phi) is 5.15. The zero-order valence-electron chi connectivity index (χ0n) is 13.3. The van der Waals surface area contributed by atoms with Gasteiger partial charge in [-0.2, -0.15) is 0 Å². The fraction of sp³-hybridized carbons (Fsp3) is 0.333. The number of rotatable bonds is 5. The van der Waals surface area contributed by atoms with Gasteiger partial charge in [-0.15, -0.1) is 0 Å². The second-order valence-electron chi connectivity index (χ2n) is 5.22. The molecule has 1 heterocycles. The van der Waals surface area contributed by atoms with Crippen molar-refractivity contribution >= 4 is 5.97 Å². The molecule has 1 aromatic carbocycles. The SMILES string of the molecule is CCOC(=O)c1c(C)n(CCc2ccccc2)c(C)cc1=O. The van der Waals surface area contributed by atoms with Crippen LogP contribution >= 0.6 is 0 Å². The topological polar surface area (TPSA) is 48.3 Å². The number of carbonyl (C=O) groups excluding carboxylic acids is 1. The van der Waals surface area contributed by atoms with Crippen molar-refractivity contribution in [1.82, 2.24) is 4.57 Å². The van der Waals surface area contributed by atoms with Crippen LogP contribution in [-0.2, 0) is 17.7 Å². The summed E-state index contributed by atoms with van der Waals surface area (Å²) in [4.78, 5) is 24.1. The largest absolute Gasteiger partial charge is 0.462 e. The predicted octanol–water partition coefficient (Wildman–Crippen LogP) is 2.88. The van der Waals surface area contributed by atoms with Gasteiger partial charge in [0.2, 0.25) is 0 Å². The molecule has 0 aliphatic carbocycles. The highest BCUT2D eigenvalue weighted by atomic mass is 16.5. The van der Waals surface area contributed by atoms with Crippen molar-refractivity contribution in [3.05, 3.63) is 69.1 Å². The molecule has 2 aromatic rings. The second-order valence-corrected chi connectivity index (χ2v) is 5.22. The highest BCUT2D eigenvalue weighted by Gasteiger charge is 2.18. The van der Waals surface area contributed by atoms with Gasteiger partial charge in [0.15, 0.2) is 5.43 Å². The molecule has 2 rings (SSSR count). The van der Waals surface area contributed by atoms with E-state index in [1.165, 1.54) is 11.6 Å². The first kappa shape index (κ1) is 16.0. The van der Waals surface area contributed by atoms with E-state index in [2.05, 4.69) is 12.1 Å². The minimum absolute atomic E-state index is 0.139. The van der Waals surface area contributed by atoms with Crippen LogP contribution in [0, 0.1) is 13.8 Å². The van der Waals surface area contributed by atoms with E-state index in [4.69, 9.17) is 4.74 Å². The molecule has 4 heteroatoms. The first-order chi connectivity index (χ1) is 10.5. The van der Waals surface area contributed by atoms with E-state index in [1.807, 2.05) is 29.7 Å². The first-order valence-electron chi connectivity index (χ1n) is 7.46. The van der Waals surface area contributed by atoms with E-state index < -0.39 is 5.97 Å². The zero-order valence-corrected chi connectivity index (χ0v) is 13.3. The van der Waals surface area contributed by atoms with Crippen molar-refractivity contribution in [1.29, 1.82) is 0 Å². The van der Waals surface area contributed by atoms with E-state index in [0.29, 0.717) is 12.2 Å². The van der Waals surface area contributed by atoms with Gasteiger partial charge < -0.3 is 9.30 Å². The summed E-state index contributed by atoms with van der Waals surface area (Å²) in [5.41, 5.74) is 2.61. The molecule has 0 spiro atoms. The summed E-state index contributed by atoms with van der Waals surface area (Å²) in [5.74, 6) is -0.543. The fourth-order valence-electron chi connectivity index (χ4n) is 2.60. The molecule has 116 valence electrons. The number of pyridine rings is 1. The van der Waals surface area contributed by atoms with Crippen LogP contribution in [0.4, 0.5) is 0 Å². The summed E-state index contributed by atoms with van der Waals surface area (Å²) in [7, 11) is 0. The van der Waals surface area contributed by atoms with Crippen LogP contribution in [0.5, 0.6) is 0 Å². The van der Waals surface area contributed by atoms with Gasteiger partial charge in [-0.1, -0.05) is 30.3 Å². The van der Waals surface area contributed by atoms with E-state index in [9.17, 15) is 9.59 Å². The number of carbonyl (C=O) groups is 1. The minimum Gasteiger partial charge on any atom is -0.462 e. The van der Waals surface area contributed by atoms with E-state index in [-0.39, 0.29) is 17.6 Å². The molecule has 0 N–H and O–H groups in total. The van der Waals surface area contributed by atoms with Crippen LogP contribution in [0.3, 0.4) is 0 Å². The van der Waals surface area contributed by atoms with Gasteiger partial charge in [0, 0.05) is 24.0 Å². The standard InChI is InChI=1S/C18H21NO3/c1-4-22-18(21)17-14(3)19(13(2)12-16(17)20)11-10-15-8-6-5-7-9-15/h5-9,12H,4,10-11H2,1-3H3. The Balaban J connectivity index is 2.33. The summed E-state index contributed by atoms with van der Waals surface area (Å²) < 4.78 is 7.00. The van der Waals surface area contributed by atoms with Crippen LogP contribution in [0.25, 0.3) is 0 Å². The lowest BCUT2D eigenvalue weighted by Crippen LogP contribution is -2.25. The smallest absolute Gasteiger partial charge is 0.343 e. The van der Waals surface area contributed by atoms with Gasteiger partial charge in [-0.25, -0.2) is 4.79 Å². The lowest BCUT2D eigenvalue weighted by atomic mass is 10.1. The Bertz CT molecular complexity index is 717. The molecule has 0 radical (unpaired) electrons. The van der Waals surface area contributed by atoms with Crippen molar-refractivity contribution in [2.45, 2.75) is 33.7 Å². The lowest BCUT2D eigenvalue weighted by Gasteiger charge is -2.17. The van der Waals surface area contributed by atoms with Crippen molar-refractivity contribution < 1.29 is 9.53 Å². The molecular formula is C18H21NO3. The van der Waals surface area contributed by atoms with E-state index in [1.54, 1.807) is 13.8 Å². The van der Waals surface area contributed by atoms with Gasteiger partial charge in [0.25, 0.3) is 0 Å². The molecule has 4 nitrogen and oxygen atoms in total. The number of ether oxygens (including phenoxy) is 1. The molecule has 0 aliphatic heterocycles. The summed E-state index contributed by atoms with van der Waals surface area (Å²) in [6, 6.07) is 11.6. The predicted molar refractivity (Wildman–Crippen MR) is 86.3 cm³/mol. The third-order valence-corrected chi connectivity index (χ3v) is 3.73. The molecule has 0 saturated carbocycles. The number of aryl methyl sites for hydroxylation is 2. The van der Waals surface area contributed by atoms with Crippen LogP contribution in [0.15, 0.2) is 41.2 Å². The Morgan fingerprint density at radius 1 is 1.18 bits per heavy atom. The molecule has 1 aromatic heterocycles. The average molecular weight is 299 g/mol. The monoisotopic (exact) mass is 299 g/mol. The van der Waals surface area contributed by atoms with Gasteiger partial charge in [-0.05, 0) is 32.8 Å². The maximum absolute atomic E-state index is 12.1. The van der Waals surface area contributed by atoms with E-state index in [0.717, 1.165) is 12.1 Å². The first-order valence-corrected chi connectivity index (χ1v) is 7.46. The lowest BCUT2D eigenvalue weighted by molar-refractivity contribution is 0.0522. The average Bonchev–Trinajstić information content (AvgIpc) is 2.48. The molecular weight excluding hydrogens is 278 g/mol. The highest BCUT2D eigenvalue weighted by Crippen LogP contribution is 2.11. The highest BCUT2D eigenvalue weighted by molar-refractivity contribution is 5.90. The summed E-state index contributed by atoms with van der Waals surface area (Å²) in [5, 5.41) is 0. The Hall–Kier alpha value is -2.36. The van der Waals surface area contributed by atoms with Crippen LogP contribution in [-0.4, -0.2) is 17.1 Å². The second kappa shape index (κ2) is 7.07. The van der Waals surface area contributed by atoms with Gasteiger partial charge >= 0.3 is 5.97 Å². The molecule has 0 atom stereocenters. The van der Waals surface area contributed by atoms with Gasteiger partial charge in [0.1, 0.15) is 5.56 Å². The number of hydrogen-bond donors (Lipinski definition) is 0. The van der Waals surface area contributed by atoms with Crippen molar-refractivity contribution in [3.63, 3.8) is 0 Å². The molecule has 22 heavy (non-hydrogen) atoms. The van der Waals surface area contributed by atoms with Crippen LogP contribution in [0.1, 0.15) is 34.2 Å². The summed E-state index contributed by atoms with van der Waals surface area (Å²) >= 11 is 0.